The summed E-state index contributed by atoms with van der Waals surface area (Å²) in [6.45, 7) is 6.31. The van der Waals surface area contributed by atoms with E-state index in [1.807, 2.05) is 25.2 Å². The molecule has 0 aliphatic carbocycles. The van der Waals surface area contributed by atoms with Crippen LogP contribution in [0.1, 0.15) is 45.2 Å². The SMILES string of the molecule is CC(c1ccc(-c2ccn(C)c(=O)c2)cc1)N(C)CCC(O)CC(C)(C)O. The maximum atomic E-state index is 11.8. The predicted octanol–water partition coefficient (Wildman–Crippen LogP) is 2.96. The van der Waals surface area contributed by atoms with Crippen molar-refractivity contribution in [1.82, 2.24) is 9.47 Å². The first-order valence-corrected chi connectivity index (χ1v) is 9.44. The van der Waals surface area contributed by atoms with E-state index in [-0.39, 0.29) is 11.6 Å². The van der Waals surface area contributed by atoms with Gasteiger partial charge in [0.15, 0.2) is 0 Å². The number of pyridine rings is 1. The molecule has 0 aliphatic heterocycles. The van der Waals surface area contributed by atoms with E-state index in [1.165, 1.54) is 5.56 Å². The molecule has 0 saturated heterocycles. The Morgan fingerprint density at radius 2 is 1.78 bits per heavy atom. The van der Waals surface area contributed by atoms with Crippen LogP contribution in [0.15, 0.2) is 47.4 Å². The van der Waals surface area contributed by atoms with Crippen LogP contribution in [0.3, 0.4) is 0 Å². The third-order valence-corrected chi connectivity index (χ3v) is 5.04. The molecule has 148 valence electrons. The Kier molecular flexibility index (Phi) is 6.98. The number of hydrogen-bond donors (Lipinski definition) is 2. The van der Waals surface area contributed by atoms with Crippen molar-refractivity contribution in [2.75, 3.05) is 13.6 Å². The molecule has 2 N–H and O–H groups in total. The second kappa shape index (κ2) is 8.83. The van der Waals surface area contributed by atoms with Crippen LogP contribution >= 0.6 is 0 Å². The molecule has 27 heavy (non-hydrogen) atoms. The lowest BCUT2D eigenvalue weighted by Crippen LogP contribution is -2.30. The van der Waals surface area contributed by atoms with E-state index >= 15 is 0 Å². The number of rotatable bonds is 8. The number of hydrogen-bond acceptors (Lipinski definition) is 4. The van der Waals surface area contributed by atoms with E-state index in [0.29, 0.717) is 12.8 Å². The average Bonchev–Trinajstić information content (AvgIpc) is 2.60. The first-order chi connectivity index (χ1) is 12.6. The number of aliphatic hydroxyl groups is 2. The molecule has 1 aromatic carbocycles. The molecule has 2 aromatic rings. The van der Waals surface area contributed by atoms with Gasteiger partial charge >= 0.3 is 0 Å². The van der Waals surface area contributed by atoms with Crippen molar-refractivity contribution in [3.05, 3.63) is 58.5 Å². The Labute approximate surface area is 161 Å². The molecule has 2 unspecified atom stereocenters. The Balaban J connectivity index is 1.99. The fraction of sp³-hybridized carbons (Fsp3) is 0.500. The van der Waals surface area contributed by atoms with E-state index in [0.717, 1.165) is 17.7 Å². The van der Waals surface area contributed by atoms with Gasteiger partial charge in [-0.05, 0) is 57.0 Å². The molecule has 2 rings (SSSR count). The zero-order valence-corrected chi connectivity index (χ0v) is 17.0. The minimum atomic E-state index is -0.849. The highest BCUT2D eigenvalue weighted by Gasteiger charge is 2.20. The van der Waals surface area contributed by atoms with Crippen LogP contribution in [0.25, 0.3) is 11.1 Å². The van der Waals surface area contributed by atoms with E-state index < -0.39 is 11.7 Å². The number of nitrogens with zero attached hydrogens (tertiary/aromatic N) is 2. The Morgan fingerprint density at radius 3 is 2.33 bits per heavy atom. The quantitative estimate of drug-likeness (QED) is 0.748. The van der Waals surface area contributed by atoms with Gasteiger partial charge in [0.05, 0.1) is 11.7 Å². The molecule has 5 nitrogen and oxygen atoms in total. The van der Waals surface area contributed by atoms with Crippen LogP contribution < -0.4 is 5.56 Å². The molecule has 0 fully saturated rings. The number of aliphatic hydroxyl groups excluding tert-OH is 1. The van der Waals surface area contributed by atoms with Gasteiger partial charge < -0.3 is 14.8 Å². The Bertz CT molecular complexity index is 790. The molecule has 0 spiro atoms. The fourth-order valence-corrected chi connectivity index (χ4v) is 3.16. The predicted molar refractivity (Wildman–Crippen MR) is 110 cm³/mol. The van der Waals surface area contributed by atoms with E-state index in [9.17, 15) is 15.0 Å². The van der Waals surface area contributed by atoms with Crippen molar-refractivity contribution in [2.24, 2.45) is 7.05 Å². The summed E-state index contributed by atoms with van der Waals surface area (Å²) in [6.07, 6.45) is 2.26. The summed E-state index contributed by atoms with van der Waals surface area (Å²) < 4.78 is 1.56. The molecular formula is C22H32N2O3. The van der Waals surface area contributed by atoms with Gasteiger partial charge in [-0.2, -0.15) is 0 Å². The van der Waals surface area contributed by atoms with Crippen LogP contribution in [0.4, 0.5) is 0 Å². The maximum Gasteiger partial charge on any atom is 0.250 e. The van der Waals surface area contributed by atoms with Crippen LogP contribution in [0, 0.1) is 0 Å². The van der Waals surface area contributed by atoms with Gasteiger partial charge in [-0.25, -0.2) is 0 Å². The van der Waals surface area contributed by atoms with Crippen molar-refractivity contribution in [1.29, 1.82) is 0 Å². The van der Waals surface area contributed by atoms with Gasteiger partial charge in [-0.3, -0.25) is 9.69 Å². The molecule has 1 aromatic heterocycles. The van der Waals surface area contributed by atoms with E-state index in [1.54, 1.807) is 37.7 Å². The summed E-state index contributed by atoms with van der Waals surface area (Å²) in [5, 5.41) is 19.9. The minimum Gasteiger partial charge on any atom is -0.393 e. The first kappa shape index (κ1) is 21.4. The Hall–Kier alpha value is -1.95. The highest BCUT2D eigenvalue weighted by molar-refractivity contribution is 5.63. The fourth-order valence-electron chi connectivity index (χ4n) is 3.16. The standard InChI is InChI=1S/C22H32N2O3/c1-16(23(4)13-11-20(25)15-22(2,3)27)17-6-8-18(9-7-17)19-10-12-24(5)21(26)14-19/h6-10,12,14,16,20,25,27H,11,13,15H2,1-5H3. The Morgan fingerprint density at radius 1 is 1.15 bits per heavy atom. The van der Waals surface area contributed by atoms with Gasteiger partial charge in [-0.15, -0.1) is 0 Å². The lowest BCUT2D eigenvalue weighted by atomic mass is 9.98. The van der Waals surface area contributed by atoms with Crippen molar-refractivity contribution >= 4 is 0 Å². The van der Waals surface area contributed by atoms with Crippen molar-refractivity contribution in [3.63, 3.8) is 0 Å². The lowest BCUT2D eigenvalue weighted by molar-refractivity contribution is 0.0122. The van der Waals surface area contributed by atoms with Crippen LogP contribution in [-0.2, 0) is 7.05 Å². The zero-order chi connectivity index (χ0) is 20.2. The van der Waals surface area contributed by atoms with Crippen LogP contribution in [0.5, 0.6) is 0 Å². The first-order valence-electron chi connectivity index (χ1n) is 9.44. The molecule has 0 amide bonds. The minimum absolute atomic E-state index is 0.0192. The molecule has 5 heteroatoms. The second-order valence-corrected chi connectivity index (χ2v) is 8.10. The molecule has 0 saturated carbocycles. The molecule has 0 radical (unpaired) electrons. The van der Waals surface area contributed by atoms with Gasteiger partial charge in [0.2, 0.25) is 0 Å². The summed E-state index contributed by atoms with van der Waals surface area (Å²) in [4.78, 5) is 14.0. The van der Waals surface area contributed by atoms with E-state index in [2.05, 4.69) is 24.0 Å². The third-order valence-electron chi connectivity index (χ3n) is 5.04. The van der Waals surface area contributed by atoms with Crippen molar-refractivity contribution in [2.45, 2.75) is 51.4 Å². The number of benzene rings is 1. The van der Waals surface area contributed by atoms with Gasteiger partial charge in [-0.1, -0.05) is 24.3 Å². The molecule has 0 bridgehead atoms. The molecule has 2 atom stereocenters. The summed E-state index contributed by atoms with van der Waals surface area (Å²) in [5.74, 6) is 0. The largest absolute Gasteiger partial charge is 0.393 e. The van der Waals surface area contributed by atoms with Crippen LogP contribution in [-0.4, -0.2) is 45.0 Å². The summed E-state index contributed by atoms with van der Waals surface area (Å²) >= 11 is 0. The van der Waals surface area contributed by atoms with E-state index in [4.69, 9.17) is 0 Å². The molecule has 1 heterocycles. The smallest absolute Gasteiger partial charge is 0.250 e. The lowest BCUT2D eigenvalue weighted by Gasteiger charge is -2.27. The van der Waals surface area contributed by atoms with Crippen LogP contribution in [0.2, 0.25) is 0 Å². The average molecular weight is 373 g/mol. The van der Waals surface area contributed by atoms with Crippen molar-refractivity contribution < 1.29 is 10.2 Å². The van der Waals surface area contributed by atoms with Gasteiger partial charge in [0, 0.05) is 38.3 Å². The van der Waals surface area contributed by atoms with Gasteiger partial charge in [0.1, 0.15) is 0 Å². The van der Waals surface area contributed by atoms with Gasteiger partial charge in [0.25, 0.3) is 5.56 Å². The monoisotopic (exact) mass is 372 g/mol. The molecule has 0 aliphatic rings. The normalized spacial score (nSPS) is 14.4. The summed E-state index contributed by atoms with van der Waals surface area (Å²) in [5.41, 5.74) is 2.25. The summed E-state index contributed by atoms with van der Waals surface area (Å²) in [7, 11) is 3.78. The number of aryl methyl sites for hydroxylation is 1. The highest BCUT2D eigenvalue weighted by atomic mass is 16.3. The summed E-state index contributed by atoms with van der Waals surface area (Å²) in [6, 6.07) is 12.0. The zero-order valence-electron chi connectivity index (χ0n) is 17.0. The second-order valence-electron chi connectivity index (χ2n) is 8.10. The highest BCUT2D eigenvalue weighted by Crippen LogP contribution is 2.24. The topological polar surface area (TPSA) is 65.7 Å². The maximum absolute atomic E-state index is 11.8. The third kappa shape index (κ3) is 6.31. The number of aromatic nitrogens is 1. The van der Waals surface area contributed by atoms with Crippen molar-refractivity contribution in [3.8, 4) is 11.1 Å². The molecular weight excluding hydrogens is 340 g/mol.